The van der Waals surface area contributed by atoms with Gasteiger partial charge in [-0.1, -0.05) is 0 Å². The number of rotatable bonds is 3. The molecule has 3 unspecified atom stereocenters. The minimum absolute atomic E-state index is 0.747. The molecule has 0 heterocycles. The molecule has 4 nitrogen and oxygen atoms in total. The fourth-order valence-corrected chi connectivity index (χ4v) is 0.454. The smallest absolute Gasteiger partial charge is 0.122 e. The predicted molar refractivity (Wildman–Crippen MR) is 34.0 cm³/mol. The lowest BCUT2D eigenvalue weighted by molar-refractivity contribution is -0.0324. The Labute approximate surface area is 58.4 Å². The van der Waals surface area contributed by atoms with Crippen LogP contribution in [0.5, 0.6) is 0 Å². The zero-order valence-electron chi connectivity index (χ0n) is 5.56. The summed E-state index contributed by atoms with van der Waals surface area (Å²) in [7, 11) is 0. The second kappa shape index (κ2) is 4.19. The molecule has 3 atom stereocenters. The van der Waals surface area contributed by atoms with E-state index in [9.17, 15) is 4.79 Å². The molecule has 0 aromatic rings. The molecule has 0 radical (unpaired) electrons. The first-order chi connectivity index (χ1) is 4.59. The van der Waals surface area contributed by atoms with Crippen LogP contribution in [0, 0.1) is 0 Å². The van der Waals surface area contributed by atoms with Crippen LogP contribution in [0.15, 0.2) is 6.08 Å². The van der Waals surface area contributed by atoms with E-state index in [1.54, 1.807) is 0 Å². The Morgan fingerprint density at radius 2 is 1.90 bits per heavy atom. The van der Waals surface area contributed by atoms with E-state index in [-0.39, 0.29) is 0 Å². The summed E-state index contributed by atoms with van der Waals surface area (Å²) in [4.78, 5) is 9.61. The highest BCUT2D eigenvalue weighted by atomic mass is 16.4. The van der Waals surface area contributed by atoms with Gasteiger partial charge < -0.3 is 15.3 Å². The van der Waals surface area contributed by atoms with E-state index in [0.717, 1.165) is 6.08 Å². The van der Waals surface area contributed by atoms with Crippen LogP contribution in [-0.4, -0.2) is 39.6 Å². The van der Waals surface area contributed by atoms with Crippen molar-refractivity contribution in [2.24, 2.45) is 0 Å². The second-order valence-electron chi connectivity index (χ2n) is 2.01. The van der Waals surface area contributed by atoms with Gasteiger partial charge >= 0.3 is 0 Å². The molecule has 0 rings (SSSR count). The molecule has 0 bridgehead atoms. The highest BCUT2D eigenvalue weighted by Gasteiger charge is 2.18. The Morgan fingerprint density at radius 1 is 1.40 bits per heavy atom. The second-order valence-corrected chi connectivity index (χ2v) is 2.01. The fraction of sp³-hybridized carbons (Fsp3) is 0.667. The zero-order chi connectivity index (χ0) is 8.15. The van der Waals surface area contributed by atoms with E-state index < -0.39 is 18.3 Å². The number of carbonyl (C=O) groups excluding carboxylic acids is 1. The van der Waals surface area contributed by atoms with Gasteiger partial charge in [0.25, 0.3) is 0 Å². The summed E-state index contributed by atoms with van der Waals surface area (Å²) < 4.78 is 0. The quantitative estimate of drug-likeness (QED) is 0.422. The van der Waals surface area contributed by atoms with Crippen LogP contribution in [-0.2, 0) is 4.79 Å². The molecular formula is C6H10O4. The van der Waals surface area contributed by atoms with E-state index in [1.165, 1.54) is 12.9 Å². The molecule has 0 amide bonds. The van der Waals surface area contributed by atoms with E-state index in [4.69, 9.17) is 15.3 Å². The van der Waals surface area contributed by atoms with E-state index in [0.29, 0.717) is 0 Å². The third kappa shape index (κ3) is 2.75. The van der Waals surface area contributed by atoms with Crippen LogP contribution in [0.25, 0.3) is 0 Å². The Hall–Kier alpha value is -0.670. The lowest BCUT2D eigenvalue weighted by Gasteiger charge is -2.15. The predicted octanol–water partition coefficient (Wildman–Crippen LogP) is -1.52. The van der Waals surface area contributed by atoms with Gasteiger partial charge in [-0.15, -0.1) is 0 Å². The van der Waals surface area contributed by atoms with Gasteiger partial charge in [0.2, 0.25) is 0 Å². The van der Waals surface area contributed by atoms with Crippen molar-refractivity contribution in [2.45, 2.75) is 25.2 Å². The summed E-state index contributed by atoms with van der Waals surface area (Å²) >= 11 is 0. The molecule has 4 heteroatoms. The first-order valence-corrected chi connectivity index (χ1v) is 2.84. The standard InChI is InChI=1S/C6H10O4/c1-4(8)6(10)5(9)2-3-7/h2,4-6,8-10H,1H3. The van der Waals surface area contributed by atoms with Crippen molar-refractivity contribution in [3.05, 3.63) is 6.08 Å². The van der Waals surface area contributed by atoms with Crippen molar-refractivity contribution in [3.8, 4) is 0 Å². The van der Waals surface area contributed by atoms with Crippen molar-refractivity contribution < 1.29 is 20.1 Å². The zero-order valence-corrected chi connectivity index (χ0v) is 5.56. The minimum Gasteiger partial charge on any atom is -0.391 e. The van der Waals surface area contributed by atoms with Gasteiger partial charge in [0.1, 0.15) is 18.1 Å². The number of aliphatic hydroxyl groups excluding tert-OH is 3. The largest absolute Gasteiger partial charge is 0.391 e. The van der Waals surface area contributed by atoms with Crippen molar-refractivity contribution in [2.75, 3.05) is 0 Å². The monoisotopic (exact) mass is 146 g/mol. The van der Waals surface area contributed by atoms with Crippen molar-refractivity contribution in [1.82, 2.24) is 0 Å². The molecule has 0 spiro atoms. The average molecular weight is 146 g/mol. The summed E-state index contributed by atoms with van der Waals surface area (Å²) in [5, 5.41) is 26.2. The van der Waals surface area contributed by atoms with Crippen molar-refractivity contribution in [1.29, 1.82) is 0 Å². The van der Waals surface area contributed by atoms with Crippen LogP contribution < -0.4 is 0 Å². The first kappa shape index (κ1) is 9.33. The van der Waals surface area contributed by atoms with Crippen LogP contribution >= 0.6 is 0 Å². The number of hydrogen-bond acceptors (Lipinski definition) is 4. The molecule has 3 N–H and O–H groups in total. The van der Waals surface area contributed by atoms with Gasteiger partial charge in [-0.05, 0) is 6.92 Å². The molecule has 0 aliphatic heterocycles. The lowest BCUT2D eigenvalue weighted by atomic mass is 10.1. The number of hydrogen-bond donors (Lipinski definition) is 3. The van der Waals surface area contributed by atoms with Crippen molar-refractivity contribution in [3.63, 3.8) is 0 Å². The fourth-order valence-electron chi connectivity index (χ4n) is 0.454. The van der Waals surface area contributed by atoms with Crippen LogP contribution in [0.2, 0.25) is 0 Å². The average Bonchev–Trinajstić information content (AvgIpc) is 1.87. The maximum Gasteiger partial charge on any atom is 0.122 e. The van der Waals surface area contributed by atoms with Gasteiger partial charge in [-0.25, -0.2) is 4.79 Å². The topological polar surface area (TPSA) is 77.8 Å². The summed E-state index contributed by atoms with van der Waals surface area (Å²) in [5.41, 5.74) is 0. The van der Waals surface area contributed by atoms with Gasteiger partial charge in [0, 0.05) is 6.08 Å². The molecule has 0 aliphatic carbocycles. The Balaban J connectivity index is 3.93. The summed E-state index contributed by atoms with van der Waals surface area (Å²) in [6.45, 7) is 1.31. The molecule has 10 heavy (non-hydrogen) atoms. The Morgan fingerprint density at radius 3 is 2.20 bits per heavy atom. The van der Waals surface area contributed by atoms with Crippen LogP contribution in [0.1, 0.15) is 6.92 Å². The SMILES string of the molecule is CC(O)C(O)C(O)C=C=O. The summed E-state index contributed by atoms with van der Waals surface area (Å²) in [5.74, 6) is 1.31. The molecule has 58 valence electrons. The number of aliphatic hydroxyl groups is 3. The van der Waals surface area contributed by atoms with E-state index >= 15 is 0 Å². The van der Waals surface area contributed by atoms with E-state index in [1.807, 2.05) is 0 Å². The van der Waals surface area contributed by atoms with Gasteiger partial charge in [-0.2, -0.15) is 0 Å². The molecule has 0 fully saturated rings. The molecule has 0 saturated carbocycles. The molecule has 0 aromatic heterocycles. The maximum atomic E-state index is 9.61. The van der Waals surface area contributed by atoms with Gasteiger partial charge in [0.15, 0.2) is 0 Å². The maximum absolute atomic E-state index is 9.61. The summed E-state index contributed by atoms with van der Waals surface area (Å²) in [6, 6.07) is 0. The van der Waals surface area contributed by atoms with Gasteiger partial charge in [-0.3, -0.25) is 0 Å². The Bertz CT molecular complexity index is 137. The molecular weight excluding hydrogens is 136 g/mol. The normalized spacial score (nSPS) is 18.8. The third-order valence-corrected chi connectivity index (χ3v) is 1.08. The highest BCUT2D eigenvalue weighted by Crippen LogP contribution is 1.98. The molecule has 0 aromatic carbocycles. The van der Waals surface area contributed by atoms with E-state index in [2.05, 4.69) is 0 Å². The van der Waals surface area contributed by atoms with Gasteiger partial charge in [0.05, 0.1) is 6.10 Å². The third-order valence-electron chi connectivity index (χ3n) is 1.08. The Kier molecular flexibility index (Phi) is 3.91. The molecule has 0 aliphatic rings. The summed E-state index contributed by atoms with van der Waals surface area (Å²) in [6.07, 6.45) is -2.96. The lowest BCUT2D eigenvalue weighted by Crippen LogP contribution is -2.34. The first-order valence-electron chi connectivity index (χ1n) is 2.84. The highest BCUT2D eigenvalue weighted by molar-refractivity contribution is 5.46. The van der Waals surface area contributed by atoms with Crippen LogP contribution in [0.3, 0.4) is 0 Å². The van der Waals surface area contributed by atoms with Crippen LogP contribution in [0.4, 0.5) is 0 Å². The van der Waals surface area contributed by atoms with Crippen molar-refractivity contribution >= 4 is 5.94 Å². The molecule has 0 saturated heterocycles. The minimum atomic E-state index is -1.34.